The maximum absolute atomic E-state index is 13.1. The number of benzene rings is 2. The van der Waals surface area contributed by atoms with Crippen molar-refractivity contribution in [1.82, 2.24) is 9.62 Å². The molecule has 0 aliphatic carbocycles. The van der Waals surface area contributed by atoms with E-state index in [9.17, 15) is 8.42 Å². The second-order valence-electron chi connectivity index (χ2n) is 8.34. The normalized spacial score (nSPS) is 18.4. The minimum Gasteiger partial charge on any atom is -0.379 e. The Balaban J connectivity index is 1.59. The molecule has 2 aliphatic rings. The second kappa shape index (κ2) is 8.67. The second-order valence-corrected chi connectivity index (χ2v) is 10.1. The molecule has 2 aliphatic heterocycles. The van der Waals surface area contributed by atoms with Crippen molar-refractivity contribution in [3.8, 4) is 0 Å². The highest BCUT2D eigenvalue weighted by Gasteiger charge is 2.27. The molecule has 2 heterocycles. The number of fused-ring (bicyclic) bond motifs is 1. The van der Waals surface area contributed by atoms with Gasteiger partial charge in [0, 0.05) is 45.0 Å². The Hall–Kier alpha value is -1.93. The van der Waals surface area contributed by atoms with Gasteiger partial charge in [-0.05, 0) is 49.1 Å². The molecule has 0 saturated carbocycles. The van der Waals surface area contributed by atoms with Gasteiger partial charge in [0.15, 0.2) is 0 Å². The summed E-state index contributed by atoms with van der Waals surface area (Å²) in [6.45, 7) is 8.13. The van der Waals surface area contributed by atoms with E-state index in [1.807, 2.05) is 26.0 Å². The molecule has 0 bridgehead atoms. The fraction of sp³-hybridized carbons (Fsp3) is 0.478. The van der Waals surface area contributed by atoms with Crippen LogP contribution in [0.5, 0.6) is 0 Å². The lowest BCUT2D eigenvalue weighted by molar-refractivity contribution is 0.0172. The summed E-state index contributed by atoms with van der Waals surface area (Å²) in [4.78, 5) is 4.95. The van der Waals surface area contributed by atoms with E-state index < -0.39 is 10.0 Å². The van der Waals surface area contributed by atoms with Crippen molar-refractivity contribution in [2.24, 2.45) is 0 Å². The number of rotatable bonds is 6. The van der Waals surface area contributed by atoms with Gasteiger partial charge in [0.2, 0.25) is 10.0 Å². The zero-order chi connectivity index (χ0) is 21.3. The first-order valence-corrected chi connectivity index (χ1v) is 12.1. The number of morpholine rings is 1. The average molecular weight is 430 g/mol. The first-order chi connectivity index (χ1) is 14.3. The quantitative estimate of drug-likeness (QED) is 0.765. The van der Waals surface area contributed by atoms with Gasteiger partial charge in [-0.3, -0.25) is 4.90 Å². The molecule has 0 spiro atoms. The zero-order valence-electron chi connectivity index (χ0n) is 18.0. The molecule has 0 aromatic heterocycles. The van der Waals surface area contributed by atoms with Crippen LogP contribution in [0.25, 0.3) is 0 Å². The van der Waals surface area contributed by atoms with Gasteiger partial charge in [-0.15, -0.1) is 0 Å². The molecule has 1 saturated heterocycles. The van der Waals surface area contributed by atoms with Gasteiger partial charge >= 0.3 is 0 Å². The summed E-state index contributed by atoms with van der Waals surface area (Å²) in [6, 6.07) is 12.0. The third-order valence-corrected chi connectivity index (χ3v) is 7.77. The standard InChI is InChI=1S/C23H31N3O3S/c1-17-4-7-23(18(2)14-17)30(27,28)24-16-22(26-10-12-29-13-11-26)19-5-6-21-20(15-19)8-9-25(21)3/h4-7,14-15,22,24H,8-13,16H2,1-3H3/t22-/m1/s1. The summed E-state index contributed by atoms with van der Waals surface area (Å²) < 4.78 is 34.5. The molecule has 1 fully saturated rings. The van der Waals surface area contributed by atoms with E-state index in [2.05, 4.69) is 39.8 Å². The Labute approximate surface area is 179 Å². The van der Waals surface area contributed by atoms with Crippen molar-refractivity contribution in [2.75, 3.05) is 51.3 Å². The van der Waals surface area contributed by atoms with Crippen LogP contribution in [0.15, 0.2) is 41.3 Å². The van der Waals surface area contributed by atoms with Crippen molar-refractivity contribution in [1.29, 1.82) is 0 Å². The molecule has 7 heteroatoms. The lowest BCUT2D eigenvalue weighted by atomic mass is 10.0. The maximum Gasteiger partial charge on any atom is 0.240 e. The Morgan fingerprint density at radius 1 is 1.07 bits per heavy atom. The van der Waals surface area contributed by atoms with Crippen LogP contribution in [0.1, 0.15) is 28.3 Å². The fourth-order valence-corrected chi connectivity index (χ4v) is 5.77. The molecule has 4 rings (SSSR count). The van der Waals surface area contributed by atoms with Gasteiger partial charge in [-0.25, -0.2) is 13.1 Å². The lowest BCUT2D eigenvalue weighted by Gasteiger charge is -2.35. The highest BCUT2D eigenvalue weighted by atomic mass is 32.2. The van der Waals surface area contributed by atoms with Crippen LogP contribution in [0, 0.1) is 13.8 Å². The lowest BCUT2D eigenvalue weighted by Crippen LogP contribution is -2.43. The first kappa shape index (κ1) is 21.3. The highest BCUT2D eigenvalue weighted by molar-refractivity contribution is 7.89. The first-order valence-electron chi connectivity index (χ1n) is 10.6. The topological polar surface area (TPSA) is 61.9 Å². The molecule has 0 amide bonds. The van der Waals surface area contributed by atoms with Gasteiger partial charge in [0.25, 0.3) is 0 Å². The van der Waals surface area contributed by atoms with Gasteiger partial charge in [-0.2, -0.15) is 0 Å². The van der Waals surface area contributed by atoms with Crippen molar-refractivity contribution >= 4 is 15.7 Å². The summed E-state index contributed by atoms with van der Waals surface area (Å²) in [5, 5.41) is 0. The van der Waals surface area contributed by atoms with Crippen LogP contribution >= 0.6 is 0 Å². The minimum atomic E-state index is -3.59. The molecular weight excluding hydrogens is 398 g/mol. The van der Waals surface area contributed by atoms with E-state index in [0.29, 0.717) is 24.7 Å². The third kappa shape index (κ3) is 4.39. The van der Waals surface area contributed by atoms with E-state index >= 15 is 0 Å². The SMILES string of the molecule is Cc1ccc(S(=O)(=O)NC[C@H](c2ccc3c(c2)CCN3C)N2CCOCC2)c(C)c1. The Bertz CT molecular complexity index is 1020. The summed E-state index contributed by atoms with van der Waals surface area (Å²) in [5.41, 5.74) is 5.60. The van der Waals surface area contributed by atoms with E-state index in [1.54, 1.807) is 6.07 Å². The summed E-state index contributed by atoms with van der Waals surface area (Å²) >= 11 is 0. The van der Waals surface area contributed by atoms with E-state index in [1.165, 1.54) is 11.3 Å². The maximum atomic E-state index is 13.1. The summed E-state index contributed by atoms with van der Waals surface area (Å²) in [6.07, 6.45) is 1.03. The number of nitrogens with one attached hydrogen (secondary N) is 1. The van der Waals surface area contributed by atoms with Gasteiger partial charge in [0.05, 0.1) is 18.1 Å². The predicted molar refractivity (Wildman–Crippen MR) is 120 cm³/mol. The fourth-order valence-electron chi connectivity index (χ4n) is 4.51. The third-order valence-electron chi connectivity index (χ3n) is 6.19. The molecule has 0 radical (unpaired) electrons. The minimum absolute atomic E-state index is 0.0226. The Kier molecular flexibility index (Phi) is 6.16. The molecule has 2 aromatic carbocycles. The number of hydrogen-bond acceptors (Lipinski definition) is 5. The van der Waals surface area contributed by atoms with E-state index in [0.717, 1.165) is 42.7 Å². The molecule has 6 nitrogen and oxygen atoms in total. The number of nitrogens with zero attached hydrogens (tertiary/aromatic N) is 2. The van der Waals surface area contributed by atoms with E-state index in [-0.39, 0.29) is 6.04 Å². The molecule has 162 valence electrons. The van der Waals surface area contributed by atoms with Crippen LogP contribution in [0.3, 0.4) is 0 Å². The number of anilines is 1. The van der Waals surface area contributed by atoms with Gasteiger partial charge in [0.1, 0.15) is 0 Å². The zero-order valence-corrected chi connectivity index (χ0v) is 18.8. The van der Waals surface area contributed by atoms with Gasteiger partial charge in [-0.1, -0.05) is 29.8 Å². The number of sulfonamides is 1. The van der Waals surface area contributed by atoms with Crippen LogP contribution in [0.2, 0.25) is 0 Å². The van der Waals surface area contributed by atoms with Crippen LogP contribution in [0.4, 0.5) is 5.69 Å². The smallest absolute Gasteiger partial charge is 0.240 e. The Morgan fingerprint density at radius 2 is 1.83 bits per heavy atom. The molecule has 2 aromatic rings. The predicted octanol–water partition coefficient (Wildman–Crippen LogP) is 2.65. The summed E-state index contributed by atoms with van der Waals surface area (Å²) in [7, 11) is -1.47. The van der Waals surface area contributed by atoms with Crippen LogP contribution in [-0.4, -0.2) is 59.8 Å². The molecule has 1 atom stereocenters. The molecule has 1 N–H and O–H groups in total. The van der Waals surface area contributed by atoms with Gasteiger partial charge < -0.3 is 9.64 Å². The molecular formula is C23H31N3O3S. The van der Waals surface area contributed by atoms with Crippen LogP contribution < -0.4 is 9.62 Å². The number of aryl methyl sites for hydroxylation is 2. The van der Waals surface area contributed by atoms with E-state index in [4.69, 9.17) is 4.74 Å². The van der Waals surface area contributed by atoms with Crippen LogP contribution in [-0.2, 0) is 21.2 Å². The summed E-state index contributed by atoms with van der Waals surface area (Å²) in [5.74, 6) is 0. The highest BCUT2D eigenvalue weighted by Crippen LogP contribution is 2.31. The van der Waals surface area contributed by atoms with Crippen molar-refractivity contribution in [3.63, 3.8) is 0 Å². The molecule has 30 heavy (non-hydrogen) atoms. The van der Waals surface area contributed by atoms with Crippen molar-refractivity contribution in [2.45, 2.75) is 31.2 Å². The Morgan fingerprint density at radius 3 is 2.57 bits per heavy atom. The number of likely N-dealkylation sites (N-methyl/N-ethyl adjacent to an activating group) is 1. The number of hydrogen-bond donors (Lipinski definition) is 1. The molecule has 0 unspecified atom stereocenters. The largest absolute Gasteiger partial charge is 0.379 e. The monoisotopic (exact) mass is 429 g/mol. The average Bonchev–Trinajstić information content (AvgIpc) is 3.09. The van der Waals surface area contributed by atoms with Crippen molar-refractivity contribution < 1.29 is 13.2 Å². The number of ether oxygens (including phenoxy) is 1. The van der Waals surface area contributed by atoms with Crippen molar-refractivity contribution in [3.05, 3.63) is 58.7 Å².